The lowest BCUT2D eigenvalue weighted by atomic mass is 10.3. The Bertz CT molecular complexity index is 136. The zero-order valence-electron chi connectivity index (χ0n) is 8.17. The van der Waals surface area contributed by atoms with Gasteiger partial charge in [-0.3, -0.25) is 0 Å². The van der Waals surface area contributed by atoms with Gasteiger partial charge in [0.1, 0.15) is 0 Å². The van der Waals surface area contributed by atoms with Crippen molar-refractivity contribution in [3.63, 3.8) is 0 Å². The van der Waals surface area contributed by atoms with Crippen LogP contribution in [0.1, 0.15) is 27.7 Å². The van der Waals surface area contributed by atoms with Crippen molar-refractivity contribution in [2.75, 3.05) is 12.3 Å². The van der Waals surface area contributed by atoms with Crippen LogP contribution in [0.25, 0.3) is 0 Å². The predicted octanol–water partition coefficient (Wildman–Crippen LogP) is 3.59. The second-order valence-corrected chi connectivity index (χ2v) is 9.71. The van der Waals surface area contributed by atoms with Gasteiger partial charge in [-0.2, -0.15) is 12.2 Å². The molecule has 0 atom stereocenters. The van der Waals surface area contributed by atoms with E-state index in [1.54, 1.807) is 0 Å². The fourth-order valence-electron chi connectivity index (χ4n) is 1.43. The highest BCUT2D eigenvalue weighted by molar-refractivity contribution is 8.51. The van der Waals surface area contributed by atoms with E-state index in [-0.39, 0.29) is 0 Å². The second kappa shape index (κ2) is 4.62. The zero-order valence-corrected chi connectivity index (χ0v) is 9.96. The van der Waals surface area contributed by atoms with Crippen LogP contribution < -0.4 is 0 Å². The van der Waals surface area contributed by atoms with Crippen LogP contribution in [0.2, 0.25) is 0 Å². The van der Waals surface area contributed by atoms with E-state index in [4.69, 9.17) is 0 Å². The highest BCUT2D eigenvalue weighted by Gasteiger charge is 2.12. The van der Waals surface area contributed by atoms with Crippen LogP contribution in [-0.4, -0.2) is 18.6 Å². The molecule has 0 aromatic heterocycles. The highest BCUT2D eigenvalue weighted by Crippen LogP contribution is 2.52. The van der Waals surface area contributed by atoms with Crippen molar-refractivity contribution in [3.05, 3.63) is 0 Å². The van der Waals surface area contributed by atoms with Crippen molar-refractivity contribution >= 4 is 24.6 Å². The van der Waals surface area contributed by atoms with Crippen LogP contribution in [0.15, 0.2) is 0 Å². The lowest BCUT2D eigenvalue weighted by Gasteiger charge is -2.22. The average molecular weight is 192 g/mol. The van der Waals surface area contributed by atoms with Gasteiger partial charge in [-0.1, -0.05) is 40.1 Å². The Morgan fingerprint density at radius 1 is 1.09 bits per heavy atom. The maximum absolute atomic E-state index is 4.67. The minimum absolute atomic E-state index is 0.747. The largest absolute Gasteiger partial charge is 0.153 e. The average Bonchev–Trinajstić information content (AvgIpc) is 1.53. The number of thiol groups is 1. The first-order valence-corrected chi connectivity index (χ1v) is 7.77. The van der Waals surface area contributed by atoms with E-state index in [0.717, 1.165) is 11.8 Å². The van der Waals surface area contributed by atoms with E-state index in [2.05, 4.69) is 46.2 Å². The summed E-state index contributed by atoms with van der Waals surface area (Å²) in [6, 6.07) is 0. The molecule has 0 N–H and O–H groups in total. The standard InChI is InChI=1S/C9H21PS/c1-8(2)6-10(5,11)7-9(3)4/h8-9,11H,5-7H2,1-4H3. The zero-order chi connectivity index (χ0) is 9.07. The van der Waals surface area contributed by atoms with Crippen LogP contribution in [0.5, 0.6) is 0 Å². The topological polar surface area (TPSA) is 0 Å². The van der Waals surface area contributed by atoms with Crippen LogP contribution in [0, 0.1) is 11.8 Å². The molecule has 0 rings (SSSR count). The van der Waals surface area contributed by atoms with E-state index in [0.29, 0.717) is 0 Å². The quantitative estimate of drug-likeness (QED) is 0.510. The number of hydrogen-bond donors (Lipinski definition) is 1. The summed E-state index contributed by atoms with van der Waals surface area (Å²) < 4.78 is 0. The lowest BCUT2D eigenvalue weighted by Crippen LogP contribution is -2.02. The Morgan fingerprint density at radius 3 is 1.55 bits per heavy atom. The summed E-state index contributed by atoms with van der Waals surface area (Å²) in [6.45, 7) is 8.99. The molecule has 0 saturated carbocycles. The molecular formula is C9H21PS. The maximum Gasteiger partial charge on any atom is -0.0225 e. The first kappa shape index (κ1) is 11.6. The summed E-state index contributed by atoms with van der Waals surface area (Å²) in [4.78, 5) is 0. The van der Waals surface area contributed by atoms with Gasteiger partial charge < -0.3 is 0 Å². The first-order valence-electron chi connectivity index (χ1n) is 4.27. The number of rotatable bonds is 4. The molecule has 0 aromatic carbocycles. The minimum atomic E-state index is -1.11. The van der Waals surface area contributed by atoms with Gasteiger partial charge in [0.25, 0.3) is 0 Å². The van der Waals surface area contributed by atoms with Crippen LogP contribution in [-0.2, 0) is 0 Å². The summed E-state index contributed by atoms with van der Waals surface area (Å²) in [5.74, 6) is 1.49. The summed E-state index contributed by atoms with van der Waals surface area (Å²) in [6.07, 6.45) is 5.55. The molecule has 0 nitrogen and oxygen atoms in total. The Labute approximate surface area is 76.9 Å². The van der Waals surface area contributed by atoms with Crippen LogP contribution in [0.4, 0.5) is 0 Å². The van der Waals surface area contributed by atoms with Crippen LogP contribution in [0.3, 0.4) is 0 Å². The monoisotopic (exact) mass is 192 g/mol. The van der Waals surface area contributed by atoms with Gasteiger partial charge in [-0.15, -0.1) is 0 Å². The molecule has 0 bridgehead atoms. The molecule has 68 valence electrons. The van der Waals surface area contributed by atoms with E-state index in [9.17, 15) is 0 Å². The Kier molecular flexibility index (Phi) is 4.89. The molecule has 0 fully saturated rings. The Balaban J connectivity index is 3.91. The second-order valence-electron chi connectivity index (χ2n) is 4.25. The third-order valence-electron chi connectivity index (χ3n) is 1.41. The van der Waals surface area contributed by atoms with Gasteiger partial charge in [0, 0.05) is 0 Å². The molecule has 2 heteroatoms. The number of hydrogen-bond acceptors (Lipinski definition) is 1. The maximum atomic E-state index is 4.67. The minimum Gasteiger partial charge on any atom is -0.153 e. The third kappa shape index (κ3) is 7.03. The lowest BCUT2D eigenvalue weighted by molar-refractivity contribution is 0.722. The molecule has 0 spiro atoms. The fraction of sp³-hybridized carbons (Fsp3) is 0.889. The van der Waals surface area contributed by atoms with Crippen molar-refractivity contribution in [1.82, 2.24) is 0 Å². The Hall–Kier alpha value is 0.650. The molecule has 0 radical (unpaired) electrons. The molecule has 0 amide bonds. The summed E-state index contributed by atoms with van der Waals surface area (Å²) in [5.41, 5.74) is 0. The SMILES string of the molecule is C=P(S)(CC(C)C)CC(C)C. The van der Waals surface area contributed by atoms with Gasteiger partial charge in [-0.25, -0.2) is 0 Å². The van der Waals surface area contributed by atoms with Gasteiger partial charge in [0.2, 0.25) is 0 Å². The van der Waals surface area contributed by atoms with Gasteiger partial charge in [0.05, 0.1) is 0 Å². The molecule has 0 aliphatic rings. The van der Waals surface area contributed by atoms with E-state index < -0.39 is 6.09 Å². The molecule has 0 aromatic rings. The first-order chi connectivity index (χ1) is 4.83. The van der Waals surface area contributed by atoms with Crippen LogP contribution >= 0.6 is 18.3 Å². The normalized spacial score (nSPS) is 13.0. The molecule has 0 unspecified atom stereocenters. The van der Waals surface area contributed by atoms with E-state index >= 15 is 0 Å². The van der Waals surface area contributed by atoms with Crippen molar-refractivity contribution in [1.29, 1.82) is 0 Å². The van der Waals surface area contributed by atoms with E-state index in [1.807, 2.05) is 0 Å². The summed E-state index contributed by atoms with van der Waals surface area (Å²) >= 11 is 4.67. The highest BCUT2D eigenvalue weighted by atomic mass is 32.7. The molecule has 0 aliphatic heterocycles. The van der Waals surface area contributed by atoms with Gasteiger partial charge in [0.15, 0.2) is 0 Å². The van der Waals surface area contributed by atoms with Gasteiger partial charge >= 0.3 is 0 Å². The predicted molar refractivity (Wildman–Crippen MR) is 62.4 cm³/mol. The molecule has 0 saturated heterocycles. The fourth-order valence-corrected chi connectivity index (χ4v) is 6.26. The molecule has 0 heterocycles. The Morgan fingerprint density at radius 2 is 1.36 bits per heavy atom. The third-order valence-corrected chi connectivity index (χ3v) is 5.21. The van der Waals surface area contributed by atoms with Crippen molar-refractivity contribution in [3.8, 4) is 0 Å². The summed E-state index contributed by atoms with van der Waals surface area (Å²) in [7, 11) is 0. The van der Waals surface area contributed by atoms with Crippen molar-refractivity contribution < 1.29 is 0 Å². The smallest absolute Gasteiger partial charge is 0.0225 e. The van der Waals surface area contributed by atoms with Crippen molar-refractivity contribution in [2.24, 2.45) is 11.8 Å². The van der Waals surface area contributed by atoms with E-state index in [1.165, 1.54) is 12.3 Å². The molecule has 11 heavy (non-hydrogen) atoms. The van der Waals surface area contributed by atoms with Gasteiger partial charge in [-0.05, 0) is 24.2 Å². The molecule has 0 aliphatic carbocycles. The molecular weight excluding hydrogens is 171 g/mol. The summed E-state index contributed by atoms with van der Waals surface area (Å²) in [5, 5.41) is 0. The van der Waals surface area contributed by atoms with Crippen molar-refractivity contribution in [2.45, 2.75) is 27.7 Å².